The Balaban J connectivity index is 2.02. The van der Waals surface area contributed by atoms with E-state index in [2.05, 4.69) is 21.1 Å². The Kier molecular flexibility index (Phi) is 4.61. The Morgan fingerprint density at radius 1 is 1.32 bits per heavy atom. The van der Waals surface area contributed by atoms with Gasteiger partial charge in [-0.3, -0.25) is 9.48 Å². The number of fused-ring (bicyclic) bond motifs is 5. The van der Waals surface area contributed by atoms with Crippen molar-refractivity contribution >= 4 is 11.6 Å². The van der Waals surface area contributed by atoms with Crippen molar-refractivity contribution in [3.8, 4) is 29.1 Å². The Hall–Kier alpha value is -4.00. The number of ketones is 1. The SMILES string of the molecule is C[C@H]1Oc2nc(cnc2N)-c2c(nn(C)c2C#N)OC(C)(C)C(=O)c2ccc(F)cc21. The summed E-state index contributed by atoms with van der Waals surface area (Å²) in [5.41, 5.74) is 5.73. The highest BCUT2D eigenvalue weighted by molar-refractivity contribution is 6.03. The van der Waals surface area contributed by atoms with Gasteiger partial charge < -0.3 is 15.2 Å². The number of halogens is 1. The highest BCUT2D eigenvalue weighted by Gasteiger charge is 2.37. The maximum atomic E-state index is 14.0. The van der Waals surface area contributed by atoms with Crippen LogP contribution in [-0.2, 0) is 7.05 Å². The van der Waals surface area contributed by atoms with Crippen molar-refractivity contribution in [1.29, 1.82) is 5.26 Å². The number of carbonyl (C=O) groups excluding carboxylic acids is 1. The van der Waals surface area contributed by atoms with E-state index in [1.165, 1.54) is 29.1 Å². The van der Waals surface area contributed by atoms with Crippen LogP contribution in [0, 0.1) is 17.1 Å². The minimum absolute atomic E-state index is 0.00198. The Labute approximate surface area is 177 Å². The first-order valence-electron chi connectivity index (χ1n) is 9.42. The van der Waals surface area contributed by atoms with Gasteiger partial charge in [0.15, 0.2) is 17.1 Å². The van der Waals surface area contributed by atoms with Crippen LogP contribution in [0.15, 0.2) is 24.4 Å². The number of aromatic nitrogens is 4. The summed E-state index contributed by atoms with van der Waals surface area (Å²) in [4.78, 5) is 21.9. The lowest BCUT2D eigenvalue weighted by molar-refractivity contribution is 0.0563. The van der Waals surface area contributed by atoms with E-state index in [1.807, 2.05) is 0 Å². The van der Waals surface area contributed by atoms with Gasteiger partial charge in [-0.2, -0.15) is 5.26 Å². The van der Waals surface area contributed by atoms with E-state index >= 15 is 0 Å². The van der Waals surface area contributed by atoms with Crippen molar-refractivity contribution in [1.82, 2.24) is 19.7 Å². The van der Waals surface area contributed by atoms with Gasteiger partial charge >= 0.3 is 0 Å². The summed E-state index contributed by atoms with van der Waals surface area (Å²) in [5.74, 6) is -0.921. The van der Waals surface area contributed by atoms with Crippen LogP contribution in [0.25, 0.3) is 11.3 Å². The van der Waals surface area contributed by atoms with Gasteiger partial charge in [-0.15, -0.1) is 5.10 Å². The molecule has 4 rings (SSSR count). The summed E-state index contributed by atoms with van der Waals surface area (Å²) in [6.45, 7) is 4.80. The van der Waals surface area contributed by atoms with Crippen molar-refractivity contribution < 1.29 is 18.7 Å². The number of anilines is 1. The summed E-state index contributed by atoms with van der Waals surface area (Å²) >= 11 is 0. The third-order valence-electron chi connectivity index (χ3n) is 5.03. The lowest BCUT2D eigenvalue weighted by Crippen LogP contribution is -2.39. The molecule has 1 aliphatic heterocycles. The quantitative estimate of drug-likeness (QED) is 0.585. The van der Waals surface area contributed by atoms with Crippen LogP contribution >= 0.6 is 0 Å². The molecule has 2 bridgehead atoms. The highest BCUT2D eigenvalue weighted by Crippen LogP contribution is 2.37. The fraction of sp³-hybridized carbons (Fsp3) is 0.286. The number of aryl methyl sites for hydroxylation is 1. The third-order valence-corrected chi connectivity index (χ3v) is 5.03. The second-order valence-electron chi connectivity index (χ2n) is 7.64. The molecular weight excluding hydrogens is 403 g/mol. The molecule has 0 fully saturated rings. The summed E-state index contributed by atoms with van der Waals surface area (Å²) < 4.78 is 27.3. The molecule has 10 heteroatoms. The van der Waals surface area contributed by atoms with Gasteiger partial charge in [-0.05, 0) is 39.0 Å². The average Bonchev–Trinajstić information content (AvgIpc) is 3.02. The van der Waals surface area contributed by atoms with Crippen molar-refractivity contribution in [3.05, 3.63) is 47.0 Å². The van der Waals surface area contributed by atoms with Crippen molar-refractivity contribution in [3.63, 3.8) is 0 Å². The van der Waals surface area contributed by atoms with E-state index in [9.17, 15) is 14.4 Å². The normalized spacial score (nSPS) is 17.2. The molecule has 0 spiro atoms. The molecule has 0 radical (unpaired) electrons. The topological polar surface area (TPSA) is 129 Å². The monoisotopic (exact) mass is 422 g/mol. The number of nitrogen functional groups attached to an aromatic ring is 1. The minimum Gasteiger partial charge on any atom is -0.467 e. The zero-order valence-corrected chi connectivity index (χ0v) is 17.3. The second kappa shape index (κ2) is 7.05. The van der Waals surface area contributed by atoms with E-state index in [-0.39, 0.29) is 40.1 Å². The third kappa shape index (κ3) is 3.34. The number of benzene rings is 1. The number of rotatable bonds is 0. The summed E-state index contributed by atoms with van der Waals surface area (Å²) in [6, 6.07) is 5.87. The molecule has 3 aromatic rings. The van der Waals surface area contributed by atoms with Gasteiger partial charge in [0, 0.05) is 18.2 Å². The number of hydrogen-bond acceptors (Lipinski definition) is 8. The first-order chi connectivity index (χ1) is 14.6. The summed E-state index contributed by atoms with van der Waals surface area (Å²) in [7, 11) is 1.57. The maximum Gasteiger partial charge on any atom is 0.258 e. The first-order valence-corrected chi connectivity index (χ1v) is 9.42. The number of carbonyl (C=O) groups is 1. The molecule has 158 valence electrons. The molecular formula is C21H19FN6O3. The van der Waals surface area contributed by atoms with Crippen molar-refractivity contribution in [2.24, 2.45) is 7.05 Å². The highest BCUT2D eigenvalue weighted by atomic mass is 19.1. The summed E-state index contributed by atoms with van der Waals surface area (Å²) in [5, 5.41) is 13.9. The fourth-order valence-electron chi connectivity index (χ4n) is 3.44. The number of nitrogens with two attached hydrogens (primary N) is 1. The largest absolute Gasteiger partial charge is 0.467 e. The van der Waals surface area contributed by atoms with Gasteiger partial charge in [0.1, 0.15) is 29.2 Å². The fourth-order valence-corrected chi connectivity index (χ4v) is 3.44. The van der Waals surface area contributed by atoms with Crippen LogP contribution in [0.4, 0.5) is 10.2 Å². The van der Waals surface area contributed by atoms with E-state index in [1.54, 1.807) is 27.8 Å². The number of Topliss-reactive ketones (excluding diaryl/α,β-unsaturated/α-hetero) is 1. The zero-order chi connectivity index (χ0) is 22.5. The van der Waals surface area contributed by atoms with E-state index in [0.717, 1.165) is 0 Å². The van der Waals surface area contributed by atoms with E-state index in [0.29, 0.717) is 5.56 Å². The van der Waals surface area contributed by atoms with Gasteiger partial charge in [-0.25, -0.2) is 14.4 Å². The lowest BCUT2D eigenvalue weighted by atomic mass is 9.91. The predicted molar refractivity (Wildman–Crippen MR) is 108 cm³/mol. The maximum absolute atomic E-state index is 14.0. The molecule has 31 heavy (non-hydrogen) atoms. The number of ether oxygens (including phenoxy) is 2. The van der Waals surface area contributed by atoms with Crippen LogP contribution < -0.4 is 15.2 Å². The molecule has 2 aromatic heterocycles. The van der Waals surface area contributed by atoms with Crippen LogP contribution in [0.1, 0.15) is 48.5 Å². The smallest absolute Gasteiger partial charge is 0.258 e. The summed E-state index contributed by atoms with van der Waals surface area (Å²) in [6.07, 6.45) is 0.590. The molecule has 1 aliphatic rings. The molecule has 2 N–H and O–H groups in total. The number of nitriles is 1. The Morgan fingerprint density at radius 3 is 2.77 bits per heavy atom. The minimum atomic E-state index is -1.40. The molecule has 0 aliphatic carbocycles. The van der Waals surface area contributed by atoms with E-state index < -0.39 is 23.3 Å². The average molecular weight is 422 g/mol. The van der Waals surface area contributed by atoms with Crippen LogP contribution in [0.3, 0.4) is 0 Å². The Morgan fingerprint density at radius 2 is 2.06 bits per heavy atom. The number of nitrogens with zero attached hydrogens (tertiary/aromatic N) is 5. The van der Waals surface area contributed by atoms with E-state index in [4.69, 9.17) is 15.2 Å². The van der Waals surface area contributed by atoms with Crippen LogP contribution in [0.5, 0.6) is 11.8 Å². The first kappa shape index (κ1) is 20.3. The molecule has 3 heterocycles. The standard InChI is InChI=1S/C21H19FN6O3/c1-10-13-7-11(22)5-6-12(13)17(29)21(2,3)31-19-16(15(8-23)28(4)27-19)14-9-25-18(24)20(26-14)30-10/h5-7,9-10H,1-4H3,(H2,24,25)/t10-/m1/s1. The molecule has 0 saturated heterocycles. The molecule has 1 atom stereocenters. The zero-order valence-electron chi connectivity index (χ0n) is 17.3. The van der Waals surface area contributed by atoms with Crippen molar-refractivity contribution in [2.45, 2.75) is 32.5 Å². The van der Waals surface area contributed by atoms with Gasteiger partial charge in [0.05, 0.1) is 6.20 Å². The van der Waals surface area contributed by atoms with Crippen LogP contribution in [-0.4, -0.2) is 31.1 Å². The van der Waals surface area contributed by atoms with Gasteiger partial charge in [0.2, 0.25) is 11.7 Å². The predicted octanol–water partition coefficient (Wildman–Crippen LogP) is 2.96. The molecule has 0 amide bonds. The van der Waals surface area contributed by atoms with Crippen molar-refractivity contribution in [2.75, 3.05) is 5.73 Å². The van der Waals surface area contributed by atoms with Gasteiger partial charge in [-0.1, -0.05) is 0 Å². The second-order valence-corrected chi connectivity index (χ2v) is 7.64. The molecule has 9 nitrogen and oxygen atoms in total. The molecule has 0 unspecified atom stereocenters. The molecule has 1 aromatic carbocycles. The molecule has 0 saturated carbocycles. The Bertz CT molecular complexity index is 1260. The van der Waals surface area contributed by atoms with Crippen LogP contribution in [0.2, 0.25) is 0 Å². The number of hydrogen-bond donors (Lipinski definition) is 1. The van der Waals surface area contributed by atoms with Gasteiger partial charge in [0.25, 0.3) is 5.88 Å². The lowest BCUT2D eigenvalue weighted by Gasteiger charge is -2.27.